The number of phenols is 1. The van der Waals surface area contributed by atoms with Gasteiger partial charge in [0.15, 0.2) is 0 Å². The molecule has 4 nitrogen and oxygen atoms in total. The topological polar surface area (TPSA) is 43.8 Å². The molecule has 1 aromatic heterocycles. The van der Waals surface area contributed by atoms with E-state index in [0.717, 1.165) is 30.1 Å². The fraction of sp³-hybridized carbons (Fsp3) is 0.348. The van der Waals surface area contributed by atoms with E-state index in [1.807, 2.05) is 36.2 Å². The highest BCUT2D eigenvalue weighted by molar-refractivity contribution is 7.19. The number of carbonyl (C=O) groups excluding carboxylic acids is 1. The number of fused-ring (bicyclic) bond motifs is 1. The lowest BCUT2D eigenvalue weighted by molar-refractivity contribution is -0.131. The van der Waals surface area contributed by atoms with Gasteiger partial charge >= 0.3 is 0 Å². The van der Waals surface area contributed by atoms with Crippen LogP contribution in [0.2, 0.25) is 0 Å². The van der Waals surface area contributed by atoms with Crippen molar-refractivity contribution in [3.8, 4) is 5.75 Å². The van der Waals surface area contributed by atoms with Crippen LogP contribution in [0.4, 0.5) is 0 Å². The van der Waals surface area contributed by atoms with Crippen LogP contribution in [0.1, 0.15) is 29.3 Å². The van der Waals surface area contributed by atoms with Crippen LogP contribution in [0.25, 0.3) is 10.1 Å². The van der Waals surface area contributed by atoms with Crippen LogP contribution in [0.3, 0.4) is 0 Å². The molecule has 1 aliphatic heterocycles. The lowest BCUT2D eigenvalue weighted by Crippen LogP contribution is -2.39. The minimum absolute atomic E-state index is 0.0629. The number of hydrogen-bond acceptors (Lipinski definition) is 4. The first-order chi connectivity index (χ1) is 13.6. The van der Waals surface area contributed by atoms with Crippen LogP contribution in [-0.4, -0.2) is 47.5 Å². The van der Waals surface area contributed by atoms with E-state index in [9.17, 15) is 9.90 Å². The van der Waals surface area contributed by atoms with Gasteiger partial charge in [0.05, 0.1) is 12.5 Å². The Bertz CT molecular complexity index is 929. The normalized spacial score (nSPS) is 15.8. The van der Waals surface area contributed by atoms with Crippen molar-refractivity contribution in [1.82, 2.24) is 9.80 Å². The monoisotopic (exact) mass is 394 g/mol. The Hall–Kier alpha value is -2.37. The molecule has 1 fully saturated rings. The van der Waals surface area contributed by atoms with Crippen LogP contribution in [0.15, 0.2) is 54.6 Å². The smallest absolute Gasteiger partial charge is 0.228 e. The van der Waals surface area contributed by atoms with Crippen LogP contribution in [0, 0.1) is 0 Å². The van der Waals surface area contributed by atoms with Crippen LogP contribution >= 0.6 is 11.3 Å². The Balaban J connectivity index is 1.54. The molecule has 0 unspecified atom stereocenters. The van der Waals surface area contributed by atoms with Gasteiger partial charge in [-0.15, -0.1) is 11.3 Å². The summed E-state index contributed by atoms with van der Waals surface area (Å²) in [5, 5.41) is 11.1. The summed E-state index contributed by atoms with van der Waals surface area (Å²) in [6, 6.07) is 17.6. The molecule has 1 atom stereocenters. The fourth-order valence-corrected chi connectivity index (χ4v) is 5.02. The van der Waals surface area contributed by atoms with Gasteiger partial charge < -0.3 is 14.9 Å². The maximum Gasteiger partial charge on any atom is 0.228 e. The van der Waals surface area contributed by atoms with E-state index in [-0.39, 0.29) is 17.7 Å². The van der Waals surface area contributed by atoms with Gasteiger partial charge in [0, 0.05) is 23.2 Å². The molecule has 5 heteroatoms. The van der Waals surface area contributed by atoms with Crippen molar-refractivity contribution in [2.45, 2.75) is 25.3 Å². The summed E-state index contributed by atoms with van der Waals surface area (Å²) in [4.78, 5) is 18.5. The van der Waals surface area contributed by atoms with Crippen LogP contribution < -0.4 is 0 Å². The predicted octanol–water partition coefficient (Wildman–Crippen LogP) is 4.44. The summed E-state index contributed by atoms with van der Waals surface area (Å²) in [5.41, 5.74) is 0.985. The highest BCUT2D eigenvalue weighted by Crippen LogP contribution is 2.29. The number of likely N-dealkylation sites (tertiary alicyclic amines) is 1. The molecule has 146 valence electrons. The molecule has 0 aliphatic carbocycles. The summed E-state index contributed by atoms with van der Waals surface area (Å²) in [7, 11) is 1.89. The number of rotatable bonds is 6. The second kappa shape index (κ2) is 8.33. The second-order valence-electron chi connectivity index (χ2n) is 7.55. The number of amides is 1. The standard InChI is InChI=1S/C23H26N2O2S/c1-24(23(27)15-20-14-18-7-2-3-10-22(18)28-20)21(16-25-11-4-5-12-25)17-8-6-9-19(26)13-17/h2-3,6-10,13-14,21,26H,4-5,11-12,15-16H2,1H3/t21-/m1/s1. The molecule has 0 radical (unpaired) electrons. The van der Waals surface area contributed by atoms with Crippen molar-refractivity contribution in [2.24, 2.45) is 0 Å². The molecule has 2 heterocycles. The molecule has 0 spiro atoms. The molecular weight excluding hydrogens is 368 g/mol. The van der Waals surface area contributed by atoms with Gasteiger partial charge in [0.1, 0.15) is 5.75 Å². The molecule has 3 aromatic rings. The summed E-state index contributed by atoms with van der Waals surface area (Å²) in [6.45, 7) is 2.96. The SMILES string of the molecule is CN(C(=O)Cc1cc2ccccc2s1)[C@H](CN1CCCC1)c1cccc(O)c1. The van der Waals surface area contributed by atoms with Gasteiger partial charge in [0.25, 0.3) is 0 Å². The van der Waals surface area contributed by atoms with E-state index < -0.39 is 0 Å². The Morgan fingerprint density at radius 1 is 1.14 bits per heavy atom. The Morgan fingerprint density at radius 2 is 1.93 bits per heavy atom. The van der Waals surface area contributed by atoms with Gasteiger partial charge in [0.2, 0.25) is 5.91 Å². The quantitative estimate of drug-likeness (QED) is 0.672. The third kappa shape index (κ3) is 4.21. The maximum atomic E-state index is 13.1. The van der Waals surface area contributed by atoms with E-state index in [1.165, 1.54) is 22.9 Å². The molecular formula is C23H26N2O2S. The summed E-state index contributed by atoms with van der Waals surface area (Å²) in [6.07, 6.45) is 2.84. The predicted molar refractivity (Wildman–Crippen MR) is 115 cm³/mol. The van der Waals surface area contributed by atoms with Gasteiger partial charge in [-0.25, -0.2) is 0 Å². The average molecular weight is 395 g/mol. The van der Waals surface area contributed by atoms with E-state index in [1.54, 1.807) is 23.5 Å². The number of likely N-dealkylation sites (N-methyl/N-ethyl adjacent to an activating group) is 1. The van der Waals surface area contributed by atoms with Gasteiger partial charge in [-0.3, -0.25) is 4.79 Å². The van der Waals surface area contributed by atoms with Gasteiger partial charge in [-0.05, 0) is 61.1 Å². The highest BCUT2D eigenvalue weighted by atomic mass is 32.1. The molecule has 0 bridgehead atoms. The zero-order chi connectivity index (χ0) is 19.5. The minimum Gasteiger partial charge on any atom is -0.508 e. The lowest BCUT2D eigenvalue weighted by atomic mass is 10.0. The number of hydrogen-bond donors (Lipinski definition) is 1. The van der Waals surface area contributed by atoms with E-state index >= 15 is 0 Å². The maximum absolute atomic E-state index is 13.1. The molecule has 2 aromatic carbocycles. The molecule has 0 saturated carbocycles. The Kier molecular flexibility index (Phi) is 5.64. The third-order valence-corrected chi connectivity index (χ3v) is 6.66. The molecule has 28 heavy (non-hydrogen) atoms. The second-order valence-corrected chi connectivity index (χ2v) is 8.72. The van der Waals surface area contributed by atoms with Crippen LogP contribution in [0.5, 0.6) is 5.75 Å². The van der Waals surface area contributed by atoms with Crippen molar-refractivity contribution >= 4 is 27.3 Å². The Morgan fingerprint density at radius 3 is 2.68 bits per heavy atom. The minimum atomic E-state index is -0.0629. The van der Waals surface area contributed by atoms with Crippen molar-refractivity contribution in [2.75, 3.05) is 26.7 Å². The van der Waals surface area contributed by atoms with Crippen molar-refractivity contribution in [3.05, 3.63) is 65.0 Å². The zero-order valence-corrected chi connectivity index (χ0v) is 17.0. The number of benzene rings is 2. The molecule has 1 N–H and O–H groups in total. The van der Waals surface area contributed by atoms with Crippen molar-refractivity contribution in [1.29, 1.82) is 0 Å². The zero-order valence-electron chi connectivity index (χ0n) is 16.2. The summed E-state index contributed by atoms with van der Waals surface area (Å²) < 4.78 is 1.22. The highest BCUT2D eigenvalue weighted by Gasteiger charge is 2.26. The molecule has 4 rings (SSSR count). The third-order valence-electron chi connectivity index (χ3n) is 5.55. The molecule has 1 saturated heterocycles. The van der Waals surface area contributed by atoms with E-state index in [0.29, 0.717) is 6.42 Å². The van der Waals surface area contributed by atoms with Gasteiger partial charge in [-0.1, -0.05) is 30.3 Å². The Labute approximate surface area is 170 Å². The molecule has 1 amide bonds. The molecule has 1 aliphatic rings. The van der Waals surface area contributed by atoms with Crippen LogP contribution in [-0.2, 0) is 11.2 Å². The first-order valence-electron chi connectivity index (χ1n) is 9.84. The average Bonchev–Trinajstić information content (AvgIpc) is 3.34. The number of carbonyl (C=O) groups is 1. The van der Waals surface area contributed by atoms with Crippen molar-refractivity contribution in [3.63, 3.8) is 0 Å². The summed E-state index contributed by atoms with van der Waals surface area (Å²) >= 11 is 1.69. The fourth-order valence-electron chi connectivity index (χ4n) is 3.96. The first kappa shape index (κ1) is 19.0. The lowest BCUT2D eigenvalue weighted by Gasteiger charge is -2.32. The van der Waals surface area contributed by atoms with Crippen molar-refractivity contribution < 1.29 is 9.90 Å². The number of thiophene rings is 1. The number of nitrogens with zero attached hydrogens (tertiary/aromatic N) is 2. The first-order valence-corrected chi connectivity index (χ1v) is 10.7. The number of aromatic hydroxyl groups is 1. The van der Waals surface area contributed by atoms with E-state index in [4.69, 9.17) is 0 Å². The van der Waals surface area contributed by atoms with E-state index in [2.05, 4.69) is 23.1 Å². The summed E-state index contributed by atoms with van der Waals surface area (Å²) in [5.74, 6) is 0.355. The number of phenolic OH excluding ortho intramolecular Hbond substituents is 1. The largest absolute Gasteiger partial charge is 0.508 e. The van der Waals surface area contributed by atoms with Gasteiger partial charge in [-0.2, -0.15) is 0 Å².